The smallest absolute Gasteiger partial charge is 0.456 e. The van der Waals surface area contributed by atoms with Gasteiger partial charge in [-0.15, -0.1) is 29.5 Å². The largest absolute Gasteiger partial charge is 2.00 e. The second kappa shape index (κ2) is 11.4. The maximum absolute atomic E-state index is 6.23. The zero-order valence-corrected chi connectivity index (χ0v) is 28.9. The van der Waals surface area contributed by atoms with Gasteiger partial charge in [0.25, 0.3) is 0 Å². The van der Waals surface area contributed by atoms with E-state index in [1.807, 2.05) is 59.9 Å². The number of aromatic nitrogens is 2. The van der Waals surface area contributed by atoms with Crippen molar-refractivity contribution in [1.29, 1.82) is 0 Å². The fourth-order valence-electron chi connectivity index (χ4n) is 5.94. The zero-order chi connectivity index (χ0) is 29.0. The summed E-state index contributed by atoms with van der Waals surface area (Å²) < 4.78 is 8.78. The Morgan fingerprint density at radius 3 is 2.02 bits per heavy atom. The number of thiophene rings is 1. The summed E-state index contributed by atoms with van der Waals surface area (Å²) in [6.45, 7) is 0. The Bertz CT molecular complexity index is 2500. The molecule has 3 heterocycles. The molecule has 0 amide bonds. The standard InChI is InChI=1S/C40H22N2OS.U/c1-2-8-25(9-3-1)26-14-16-27(17-15-26)40-41-34(28-19-21-39-33(22-28)32-11-5-7-13-38(32)44-39)24-35(42-40)29-18-20-31-30-10-4-6-12-36(30)43-37(31)23-29;/h1-8,10-14,16-24H;/q-2;+2. The van der Waals surface area contributed by atoms with Crippen LogP contribution in [0.1, 0.15) is 0 Å². The Morgan fingerprint density at radius 2 is 1.20 bits per heavy atom. The van der Waals surface area contributed by atoms with Crippen molar-refractivity contribution in [3.05, 3.63) is 146 Å². The molecule has 0 aliphatic rings. The van der Waals surface area contributed by atoms with Crippen LogP contribution < -0.4 is 0 Å². The molecule has 0 saturated heterocycles. The van der Waals surface area contributed by atoms with Gasteiger partial charge < -0.3 is 4.42 Å². The molecule has 3 aromatic heterocycles. The van der Waals surface area contributed by atoms with Gasteiger partial charge in [-0.1, -0.05) is 54.1 Å². The van der Waals surface area contributed by atoms with Gasteiger partial charge in [0.1, 0.15) is 17.0 Å². The molecular formula is C40H22N2OSU. The molecule has 0 fully saturated rings. The third-order valence-corrected chi connectivity index (χ3v) is 9.30. The third kappa shape index (κ3) is 4.98. The van der Waals surface area contributed by atoms with Crippen LogP contribution in [0.4, 0.5) is 0 Å². The Hall–Kier alpha value is -4.53. The van der Waals surface area contributed by atoms with Gasteiger partial charge in [-0.05, 0) is 42.5 Å². The molecule has 5 heteroatoms. The summed E-state index contributed by atoms with van der Waals surface area (Å²) in [6, 6.07) is 52.5. The van der Waals surface area contributed by atoms with Gasteiger partial charge in [0.15, 0.2) is 0 Å². The number of rotatable bonds is 4. The van der Waals surface area contributed by atoms with Crippen molar-refractivity contribution < 1.29 is 35.5 Å². The van der Waals surface area contributed by atoms with Crippen LogP contribution >= 0.6 is 11.3 Å². The van der Waals surface area contributed by atoms with Crippen LogP contribution in [-0.4, -0.2) is 9.97 Å². The first kappa shape index (κ1) is 28.0. The van der Waals surface area contributed by atoms with Crippen LogP contribution in [0.15, 0.2) is 138 Å². The van der Waals surface area contributed by atoms with E-state index in [-0.39, 0.29) is 31.1 Å². The molecule has 9 rings (SSSR count). The van der Waals surface area contributed by atoms with Gasteiger partial charge in [-0.25, -0.2) is 21.1 Å². The average molecular weight is 817 g/mol. The number of furan rings is 1. The van der Waals surface area contributed by atoms with Gasteiger partial charge in [0, 0.05) is 42.1 Å². The first-order valence-electron chi connectivity index (χ1n) is 14.5. The maximum Gasteiger partial charge on any atom is 2.00 e. The molecule has 0 radical (unpaired) electrons. The molecular weight excluding hydrogens is 795 g/mol. The van der Waals surface area contributed by atoms with E-state index in [9.17, 15) is 0 Å². The summed E-state index contributed by atoms with van der Waals surface area (Å²) in [6.07, 6.45) is 0. The average Bonchev–Trinajstić information content (AvgIpc) is 3.66. The monoisotopic (exact) mass is 816 g/mol. The van der Waals surface area contributed by atoms with E-state index in [4.69, 9.17) is 14.4 Å². The Labute approximate surface area is 287 Å². The number of fused-ring (bicyclic) bond motifs is 6. The number of benzene rings is 6. The van der Waals surface area contributed by atoms with Crippen LogP contribution in [0.3, 0.4) is 0 Å². The van der Waals surface area contributed by atoms with Crippen molar-refractivity contribution in [3.8, 4) is 45.0 Å². The molecule has 0 N–H and O–H groups in total. The van der Waals surface area contributed by atoms with E-state index >= 15 is 0 Å². The molecule has 0 aliphatic carbocycles. The number of nitrogens with zero attached hydrogens (tertiary/aromatic N) is 2. The topological polar surface area (TPSA) is 38.9 Å². The van der Waals surface area contributed by atoms with Crippen molar-refractivity contribution in [2.45, 2.75) is 0 Å². The summed E-state index contributed by atoms with van der Waals surface area (Å²) in [5.41, 5.74) is 8.34. The minimum atomic E-state index is 0. The summed E-state index contributed by atoms with van der Waals surface area (Å²) in [4.78, 5) is 10.2. The predicted octanol–water partition coefficient (Wildman–Crippen LogP) is 11.0. The van der Waals surface area contributed by atoms with Gasteiger partial charge in [0.2, 0.25) is 0 Å². The van der Waals surface area contributed by atoms with Crippen LogP contribution in [-0.2, 0) is 0 Å². The molecule has 0 aliphatic heterocycles. The minimum absolute atomic E-state index is 0. The van der Waals surface area contributed by atoms with E-state index in [1.165, 1.54) is 20.2 Å². The third-order valence-electron chi connectivity index (χ3n) is 8.14. The molecule has 9 aromatic rings. The zero-order valence-electron chi connectivity index (χ0n) is 23.9. The van der Waals surface area contributed by atoms with E-state index in [2.05, 4.69) is 97.1 Å². The minimum Gasteiger partial charge on any atom is -0.456 e. The number of para-hydroxylation sites is 1. The predicted molar refractivity (Wildman–Crippen MR) is 182 cm³/mol. The molecule has 6 aromatic carbocycles. The second-order valence-corrected chi connectivity index (χ2v) is 11.9. The van der Waals surface area contributed by atoms with Gasteiger partial charge in [-0.3, -0.25) is 0 Å². The quantitative estimate of drug-likeness (QED) is 0.166. The SMILES string of the molecule is [U+2].[c-]1ccccc1-c1[c-]cc(-c2nc(-c3ccc4c(c3)oc3ccccc34)cc(-c3ccc4sc5ccccc5c4c3)n2)cc1. The van der Waals surface area contributed by atoms with E-state index in [1.54, 1.807) is 0 Å². The van der Waals surface area contributed by atoms with Gasteiger partial charge >= 0.3 is 31.1 Å². The van der Waals surface area contributed by atoms with Crippen LogP contribution in [0.2, 0.25) is 0 Å². The molecule has 0 bridgehead atoms. The molecule has 3 nitrogen and oxygen atoms in total. The number of hydrogen-bond acceptors (Lipinski definition) is 4. The van der Waals surface area contributed by atoms with E-state index in [0.29, 0.717) is 5.82 Å². The maximum atomic E-state index is 6.23. The molecule has 0 unspecified atom stereocenters. The normalized spacial score (nSPS) is 11.4. The van der Waals surface area contributed by atoms with Crippen LogP contribution in [0.5, 0.6) is 0 Å². The second-order valence-electron chi connectivity index (χ2n) is 10.8. The van der Waals surface area contributed by atoms with Crippen LogP contribution in [0, 0.1) is 43.2 Å². The first-order chi connectivity index (χ1) is 21.8. The van der Waals surface area contributed by atoms with Gasteiger partial charge in [0.05, 0.1) is 11.4 Å². The Morgan fingerprint density at radius 1 is 0.511 bits per heavy atom. The molecule has 0 saturated carbocycles. The van der Waals surface area contributed by atoms with Crippen molar-refractivity contribution in [2.75, 3.05) is 0 Å². The molecule has 0 atom stereocenters. The van der Waals surface area contributed by atoms with Crippen molar-refractivity contribution in [2.24, 2.45) is 0 Å². The molecule has 208 valence electrons. The Kier molecular flexibility index (Phi) is 7.11. The first-order valence-corrected chi connectivity index (χ1v) is 15.3. The molecule has 0 spiro atoms. The summed E-state index contributed by atoms with van der Waals surface area (Å²) in [5.74, 6) is 0.650. The summed E-state index contributed by atoms with van der Waals surface area (Å²) >= 11 is 1.82. The van der Waals surface area contributed by atoms with Crippen molar-refractivity contribution >= 4 is 53.4 Å². The van der Waals surface area contributed by atoms with E-state index in [0.717, 1.165) is 61.1 Å². The van der Waals surface area contributed by atoms with Crippen LogP contribution in [0.25, 0.3) is 87.1 Å². The van der Waals surface area contributed by atoms with Gasteiger partial charge in [-0.2, -0.15) is 36.4 Å². The summed E-state index contributed by atoms with van der Waals surface area (Å²) in [5, 5.41) is 4.71. The number of hydrogen-bond donors (Lipinski definition) is 0. The Balaban J connectivity index is 0.00000300. The fraction of sp³-hybridized carbons (Fsp3) is 0. The fourth-order valence-corrected chi connectivity index (χ4v) is 7.02. The van der Waals surface area contributed by atoms with Crippen molar-refractivity contribution in [3.63, 3.8) is 0 Å². The van der Waals surface area contributed by atoms with Crippen molar-refractivity contribution in [1.82, 2.24) is 9.97 Å². The van der Waals surface area contributed by atoms with E-state index < -0.39 is 0 Å². The molecule has 45 heavy (non-hydrogen) atoms. The summed E-state index contributed by atoms with van der Waals surface area (Å²) in [7, 11) is 0.